The SMILES string of the molecule is CCC1(C)CNC(C2CCCCC2)CN1Cc1ccccc1. The summed E-state index contributed by atoms with van der Waals surface area (Å²) in [6.07, 6.45) is 8.40. The lowest BCUT2D eigenvalue weighted by Gasteiger charge is -2.50. The molecule has 1 aromatic rings. The number of benzene rings is 1. The molecule has 0 bridgehead atoms. The smallest absolute Gasteiger partial charge is 0.0307 e. The van der Waals surface area contributed by atoms with Crippen molar-refractivity contribution in [3.8, 4) is 0 Å². The molecule has 1 aliphatic heterocycles. The van der Waals surface area contributed by atoms with Crippen LogP contribution in [0.5, 0.6) is 0 Å². The van der Waals surface area contributed by atoms with Crippen molar-refractivity contribution in [2.24, 2.45) is 5.92 Å². The van der Waals surface area contributed by atoms with Gasteiger partial charge in [0, 0.05) is 31.2 Å². The van der Waals surface area contributed by atoms with Gasteiger partial charge in [0.25, 0.3) is 0 Å². The first kappa shape index (κ1) is 16.0. The van der Waals surface area contributed by atoms with E-state index < -0.39 is 0 Å². The van der Waals surface area contributed by atoms with Gasteiger partial charge in [-0.1, -0.05) is 56.5 Å². The van der Waals surface area contributed by atoms with E-state index in [0.29, 0.717) is 11.6 Å². The highest BCUT2D eigenvalue weighted by Crippen LogP contribution is 2.32. The molecule has 1 saturated heterocycles. The van der Waals surface area contributed by atoms with Gasteiger partial charge < -0.3 is 5.32 Å². The van der Waals surface area contributed by atoms with Crippen LogP contribution in [0.15, 0.2) is 30.3 Å². The first-order chi connectivity index (χ1) is 10.7. The second-order valence-corrected chi connectivity index (χ2v) is 7.60. The second-order valence-electron chi connectivity index (χ2n) is 7.60. The molecule has 2 unspecified atom stereocenters. The Kier molecular flexibility index (Phi) is 5.20. The summed E-state index contributed by atoms with van der Waals surface area (Å²) in [6.45, 7) is 8.21. The Balaban J connectivity index is 1.70. The molecular formula is C20H32N2. The van der Waals surface area contributed by atoms with Crippen LogP contribution in [0.1, 0.15) is 57.9 Å². The Morgan fingerprint density at radius 3 is 2.55 bits per heavy atom. The highest BCUT2D eigenvalue weighted by atomic mass is 15.3. The molecule has 3 rings (SSSR count). The lowest BCUT2D eigenvalue weighted by atomic mass is 9.80. The number of hydrogen-bond donors (Lipinski definition) is 1. The van der Waals surface area contributed by atoms with Gasteiger partial charge in [-0.15, -0.1) is 0 Å². The van der Waals surface area contributed by atoms with E-state index in [0.717, 1.165) is 19.0 Å². The van der Waals surface area contributed by atoms with Crippen LogP contribution in [0.4, 0.5) is 0 Å². The van der Waals surface area contributed by atoms with E-state index in [2.05, 4.69) is 54.4 Å². The minimum atomic E-state index is 0.293. The summed E-state index contributed by atoms with van der Waals surface area (Å²) in [5, 5.41) is 3.90. The third kappa shape index (κ3) is 3.55. The number of hydrogen-bond acceptors (Lipinski definition) is 2. The molecule has 122 valence electrons. The molecule has 1 saturated carbocycles. The van der Waals surface area contributed by atoms with Crippen molar-refractivity contribution in [2.75, 3.05) is 13.1 Å². The Bertz CT molecular complexity index is 452. The Morgan fingerprint density at radius 1 is 1.14 bits per heavy atom. The number of piperazine rings is 1. The highest BCUT2D eigenvalue weighted by Gasteiger charge is 2.38. The zero-order valence-corrected chi connectivity index (χ0v) is 14.4. The lowest BCUT2D eigenvalue weighted by molar-refractivity contribution is 0.0230. The van der Waals surface area contributed by atoms with Crippen molar-refractivity contribution in [3.05, 3.63) is 35.9 Å². The van der Waals surface area contributed by atoms with Crippen LogP contribution in [-0.4, -0.2) is 29.6 Å². The molecule has 2 atom stereocenters. The third-order valence-corrected chi connectivity index (χ3v) is 6.12. The van der Waals surface area contributed by atoms with Crippen molar-refractivity contribution in [2.45, 2.75) is 70.5 Å². The quantitative estimate of drug-likeness (QED) is 0.896. The van der Waals surface area contributed by atoms with E-state index in [1.54, 1.807) is 0 Å². The summed E-state index contributed by atoms with van der Waals surface area (Å²) in [6, 6.07) is 11.7. The predicted octanol–water partition coefficient (Wildman–Crippen LogP) is 4.21. The summed E-state index contributed by atoms with van der Waals surface area (Å²) >= 11 is 0. The maximum absolute atomic E-state index is 3.90. The molecule has 2 nitrogen and oxygen atoms in total. The normalized spacial score (nSPS) is 31.3. The zero-order chi connectivity index (χ0) is 15.4. The van der Waals surface area contributed by atoms with E-state index in [4.69, 9.17) is 0 Å². The molecule has 0 spiro atoms. The lowest BCUT2D eigenvalue weighted by Crippen LogP contribution is -2.64. The van der Waals surface area contributed by atoms with Gasteiger partial charge in [0.2, 0.25) is 0 Å². The first-order valence-corrected chi connectivity index (χ1v) is 9.23. The molecule has 1 N–H and O–H groups in total. The maximum atomic E-state index is 3.90. The molecular weight excluding hydrogens is 268 g/mol. The fraction of sp³-hybridized carbons (Fsp3) is 0.700. The monoisotopic (exact) mass is 300 g/mol. The van der Waals surface area contributed by atoms with Gasteiger partial charge in [-0.3, -0.25) is 4.90 Å². The van der Waals surface area contributed by atoms with Crippen LogP contribution >= 0.6 is 0 Å². The van der Waals surface area contributed by atoms with Gasteiger partial charge >= 0.3 is 0 Å². The van der Waals surface area contributed by atoms with Crippen molar-refractivity contribution in [3.63, 3.8) is 0 Å². The summed E-state index contributed by atoms with van der Waals surface area (Å²) < 4.78 is 0. The molecule has 0 radical (unpaired) electrons. The largest absolute Gasteiger partial charge is 0.311 e. The average molecular weight is 300 g/mol. The molecule has 0 amide bonds. The van der Waals surface area contributed by atoms with Crippen LogP contribution in [-0.2, 0) is 6.54 Å². The van der Waals surface area contributed by atoms with E-state index in [9.17, 15) is 0 Å². The zero-order valence-electron chi connectivity index (χ0n) is 14.4. The minimum absolute atomic E-state index is 0.293. The van der Waals surface area contributed by atoms with Gasteiger partial charge in [-0.25, -0.2) is 0 Å². The summed E-state index contributed by atoms with van der Waals surface area (Å²) in [5.41, 5.74) is 1.74. The van der Waals surface area contributed by atoms with E-state index >= 15 is 0 Å². The van der Waals surface area contributed by atoms with E-state index in [1.807, 2.05) is 0 Å². The standard InChI is InChI=1S/C20H32N2/c1-3-20(2)16-21-19(18-12-8-5-9-13-18)15-22(20)14-17-10-6-4-7-11-17/h4,6-7,10-11,18-19,21H,3,5,8-9,12-16H2,1-2H3. The Labute approximate surface area is 136 Å². The van der Waals surface area contributed by atoms with Gasteiger partial charge in [0.15, 0.2) is 0 Å². The van der Waals surface area contributed by atoms with Gasteiger partial charge in [-0.05, 0) is 37.7 Å². The predicted molar refractivity (Wildman–Crippen MR) is 93.9 cm³/mol. The maximum Gasteiger partial charge on any atom is 0.0307 e. The van der Waals surface area contributed by atoms with Crippen LogP contribution in [0.25, 0.3) is 0 Å². The first-order valence-electron chi connectivity index (χ1n) is 9.23. The second kappa shape index (κ2) is 7.14. The van der Waals surface area contributed by atoms with Gasteiger partial charge in [0.05, 0.1) is 0 Å². The summed E-state index contributed by atoms with van der Waals surface area (Å²) in [5.74, 6) is 0.897. The molecule has 22 heavy (non-hydrogen) atoms. The van der Waals surface area contributed by atoms with Crippen LogP contribution in [0, 0.1) is 5.92 Å². The van der Waals surface area contributed by atoms with Gasteiger partial charge in [0.1, 0.15) is 0 Å². The van der Waals surface area contributed by atoms with Crippen molar-refractivity contribution in [1.29, 1.82) is 0 Å². The van der Waals surface area contributed by atoms with Crippen LogP contribution in [0.3, 0.4) is 0 Å². The number of nitrogens with zero attached hydrogens (tertiary/aromatic N) is 1. The number of rotatable bonds is 4. The van der Waals surface area contributed by atoms with E-state index in [1.165, 1.54) is 50.6 Å². The minimum Gasteiger partial charge on any atom is -0.311 e. The van der Waals surface area contributed by atoms with Crippen LogP contribution < -0.4 is 5.32 Å². The van der Waals surface area contributed by atoms with Crippen molar-refractivity contribution >= 4 is 0 Å². The molecule has 2 fully saturated rings. The summed E-state index contributed by atoms with van der Waals surface area (Å²) in [7, 11) is 0. The Hall–Kier alpha value is -0.860. The number of nitrogens with one attached hydrogen (secondary N) is 1. The Morgan fingerprint density at radius 2 is 1.86 bits per heavy atom. The molecule has 0 aromatic heterocycles. The van der Waals surface area contributed by atoms with Crippen molar-refractivity contribution < 1.29 is 0 Å². The fourth-order valence-electron chi connectivity index (χ4n) is 4.25. The highest BCUT2D eigenvalue weighted by molar-refractivity contribution is 5.15. The average Bonchev–Trinajstić information content (AvgIpc) is 2.59. The third-order valence-electron chi connectivity index (χ3n) is 6.12. The van der Waals surface area contributed by atoms with E-state index in [-0.39, 0.29) is 0 Å². The molecule has 1 aliphatic carbocycles. The molecule has 1 aromatic carbocycles. The molecule has 1 heterocycles. The molecule has 2 aliphatic rings. The fourth-order valence-corrected chi connectivity index (χ4v) is 4.25. The topological polar surface area (TPSA) is 15.3 Å². The molecule has 2 heteroatoms. The van der Waals surface area contributed by atoms with Crippen molar-refractivity contribution in [1.82, 2.24) is 10.2 Å². The van der Waals surface area contributed by atoms with Gasteiger partial charge in [-0.2, -0.15) is 0 Å². The van der Waals surface area contributed by atoms with Crippen LogP contribution in [0.2, 0.25) is 0 Å². The summed E-state index contributed by atoms with van der Waals surface area (Å²) in [4.78, 5) is 2.75.